The Labute approximate surface area is 65.2 Å². The molecular weight excluding hydrogens is 142 g/mol. The van der Waals surface area contributed by atoms with Crippen LogP contribution in [0.4, 0.5) is 0 Å². The van der Waals surface area contributed by atoms with E-state index >= 15 is 0 Å². The van der Waals surface area contributed by atoms with Gasteiger partial charge < -0.3 is 10.2 Å². The van der Waals surface area contributed by atoms with Crippen LogP contribution in [0.3, 0.4) is 0 Å². The van der Waals surface area contributed by atoms with Gasteiger partial charge >= 0.3 is 0 Å². The van der Waals surface area contributed by atoms with Gasteiger partial charge in [0, 0.05) is 0 Å². The lowest BCUT2D eigenvalue weighted by Crippen LogP contribution is -2.09. The lowest BCUT2D eigenvalue weighted by molar-refractivity contribution is 0.0974. The zero-order chi connectivity index (χ0) is 8.43. The molecule has 0 aliphatic rings. The molecular formula is C8H11NO2. The largest absolute Gasteiger partial charge is 0.459 e. The smallest absolute Gasteiger partial charge is 0.284 e. The molecule has 60 valence electrons. The maximum absolute atomic E-state index is 10.6. The topological polar surface area (TPSA) is 56.2 Å². The number of furan rings is 1. The summed E-state index contributed by atoms with van der Waals surface area (Å²) < 4.78 is 4.91. The van der Waals surface area contributed by atoms with Gasteiger partial charge in [-0.3, -0.25) is 4.79 Å². The Hall–Kier alpha value is -1.25. The zero-order valence-electron chi connectivity index (χ0n) is 6.63. The fourth-order valence-electron chi connectivity index (χ4n) is 0.783. The van der Waals surface area contributed by atoms with Crippen LogP contribution in [0.15, 0.2) is 16.7 Å². The van der Waals surface area contributed by atoms with E-state index in [9.17, 15) is 4.79 Å². The van der Waals surface area contributed by atoms with Crippen LogP contribution in [-0.4, -0.2) is 5.91 Å². The van der Waals surface area contributed by atoms with Crippen molar-refractivity contribution in [1.29, 1.82) is 0 Å². The van der Waals surface area contributed by atoms with Crippen molar-refractivity contribution < 1.29 is 9.21 Å². The molecule has 1 rings (SSSR count). The van der Waals surface area contributed by atoms with Crippen LogP contribution in [0.1, 0.15) is 35.9 Å². The molecule has 0 aliphatic heterocycles. The van der Waals surface area contributed by atoms with Crippen LogP contribution in [-0.2, 0) is 0 Å². The van der Waals surface area contributed by atoms with Crippen LogP contribution in [0.25, 0.3) is 0 Å². The van der Waals surface area contributed by atoms with Gasteiger partial charge in [-0.2, -0.15) is 0 Å². The van der Waals surface area contributed by atoms with Crippen LogP contribution in [0.2, 0.25) is 0 Å². The minimum Gasteiger partial charge on any atom is -0.459 e. The fourth-order valence-corrected chi connectivity index (χ4v) is 0.783. The lowest BCUT2D eigenvalue weighted by Gasteiger charge is -1.95. The number of hydrogen-bond acceptors (Lipinski definition) is 2. The van der Waals surface area contributed by atoms with Gasteiger partial charge in [-0.1, -0.05) is 13.8 Å². The first-order valence-electron chi connectivity index (χ1n) is 3.49. The van der Waals surface area contributed by atoms with Gasteiger partial charge in [0.2, 0.25) is 0 Å². The van der Waals surface area contributed by atoms with Crippen molar-refractivity contribution in [2.45, 2.75) is 19.8 Å². The quantitative estimate of drug-likeness (QED) is 0.700. The third-order valence-electron chi connectivity index (χ3n) is 1.53. The fraction of sp³-hybridized carbons (Fsp3) is 0.375. The first-order chi connectivity index (χ1) is 5.11. The van der Waals surface area contributed by atoms with Gasteiger partial charge in [0.15, 0.2) is 5.76 Å². The summed E-state index contributed by atoms with van der Waals surface area (Å²) in [6.07, 6.45) is 1.56. The van der Waals surface area contributed by atoms with Crippen molar-refractivity contribution >= 4 is 5.91 Å². The summed E-state index contributed by atoms with van der Waals surface area (Å²) in [5.74, 6) is 0.0810. The number of carbonyl (C=O) groups is 1. The zero-order valence-corrected chi connectivity index (χ0v) is 6.63. The predicted octanol–water partition coefficient (Wildman–Crippen LogP) is 1.50. The summed E-state index contributed by atoms with van der Waals surface area (Å²) in [6.45, 7) is 4.05. The highest BCUT2D eigenvalue weighted by Gasteiger charge is 2.08. The number of carbonyl (C=O) groups excluding carboxylic acids is 1. The maximum atomic E-state index is 10.6. The van der Waals surface area contributed by atoms with E-state index < -0.39 is 5.91 Å². The molecule has 0 saturated heterocycles. The molecule has 0 atom stereocenters. The summed E-state index contributed by atoms with van der Waals surface area (Å²) >= 11 is 0. The van der Waals surface area contributed by atoms with Gasteiger partial charge in [-0.25, -0.2) is 0 Å². The van der Waals surface area contributed by atoms with Crippen molar-refractivity contribution in [2.75, 3.05) is 0 Å². The van der Waals surface area contributed by atoms with Crippen molar-refractivity contribution in [3.63, 3.8) is 0 Å². The van der Waals surface area contributed by atoms with Gasteiger partial charge in [0.05, 0.1) is 6.26 Å². The molecule has 1 heterocycles. The lowest BCUT2D eigenvalue weighted by atomic mass is 10.1. The summed E-state index contributed by atoms with van der Waals surface area (Å²) in [7, 11) is 0. The molecule has 0 bridgehead atoms. The average Bonchev–Trinajstić information content (AvgIpc) is 2.33. The Morgan fingerprint density at radius 1 is 1.64 bits per heavy atom. The molecule has 11 heavy (non-hydrogen) atoms. The van der Waals surface area contributed by atoms with Gasteiger partial charge in [0.25, 0.3) is 5.91 Å². The van der Waals surface area contributed by atoms with Crippen LogP contribution in [0, 0.1) is 0 Å². The van der Waals surface area contributed by atoms with E-state index in [1.165, 1.54) is 0 Å². The van der Waals surface area contributed by atoms with Crippen LogP contribution >= 0.6 is 0 Å². The molecule has 0 aliphatic carbocycles. The third-order valence-corrected chi connectivity index (χ3v) is 1.53. The van der Waals surface area contributed by atoms with E-state index in [4.69, 9.17) is 10.2 Å². The van der Waals surface area contributed by atoms with Crippen molar-refractivity contribution in [1.82, 2.24) is 0 Å². The average molecular weight is 153 g/mol. The van der Waals surface area contributed by atoms with Crippen LogP contribution in [0.5, 0.6) is 0 Å². The molecule has 0 spiro atoms. The maximum Gasteiger partial charge on any atom is 0.284 e. The van der Waals surface area contributed by atoms with E-state index in [2.05, 4.69) is 0 Å². The monoisotopic (exact) mass is 153 g/mol. The summed E-state index contributed by atoms with van der Waals surface area (Å²) in [6, 6.07) is 1.67. The number of hydrogen-bond donors (Lipinski definition) is 1. The molecule has 0 fully saturated rings. The minimum absolute atomic E-state index is 0.230. The second kappa shape index (κ2) is 2.78. The molecule has 0 unspecified atom stereocenters. The first-order valence-corrected chi connectivity index (χ1v) is 3.49. The summed E-state index contributed by atoms with van der Waals surface area (Å²) in [4.78, 5) is 10.6. The van der Waals surface area contributed by atoms with Gasteiger partial charge in [0.1, 0.15) is 0 Å². The molecule has 0 saturated carbocycles. The molecule has 1 aromatic heterocycles. The van der Waals surface area contributed by atoms with E-state index in [-0.39, 0.29) is 5.76 Å². The first kappa shape index (κ1) is 7.85. The Morgan fingerprint density at radius 2 is 2.27 bits per heavy atom. The number of rotatable bonds is 2. The highest BCUT2D eigenvalue weighted by molar-refractivity contribution is 5.90. The van der Waals surface area contributed by atoms with Gasteiger partial charge in [-0.05, 0) is 17.5 Å². The molecule has 1 amide bonds. The van der Waals surface area contributed by atoms with Crippen molar-refractivity contribution in [3.8, 4) is 0 Å². The van der Waals surface area contributed by atoms with E-state index in [1.807, 2.05) is 13.8 Å². The Bertz CT molecular complexity index is 263. The standard InChI is InChI=1S/C8H11NO2/c1-5(2)6-3-7(8(9)10)11-4-6/h3-5H,1-2H3,(H2,9,10). The normalized spacial score (nSPS) is 10.5. The van der Waals surface area contributed by atoms with Crippen molar-refractivity contribution in [2.24, 2.45) is 5.73 Å². The second-order valence-electron chi connectivity index (χ2n) is 2.76. The van der Waals surface area contributed by atoms with E-state index in [1.54, 1.807) is 12.3 Å². The Kier molecular flexibility index (Phi) is 1.98. The highest BCUT2D eigenvalue weighted by Crippen LogP contribution is 2.16. The molecule has 2 N–H and O–H groups in total. The third kappa shape index (κ3) is 1.61. The molecule has 3 heteroatoms. The van der Waals surface area contributed by atoms with Gasteiger partial charge in [-0.15, -0.1) is 0 Å². The molecule has 0 radical (unpaired) electrons. The second-order valence-corrected chi connectivity index (χ2v) is 2.76. The number of primary amides is 1. The van der Waals surface area contributed by atoms with E-state index in [0.29, 0.717) is 5.92 Å². The molecule has 3 nitrogen and oxygen atoms in total. The van der Waals surface area contributed by atoms with E-state index in [0.717, 1.165) is 5.56 Å². The van der Waals surface area contributed by atoms with Crippen molar-refractivity contribution in [3.05, 3.63) is 23.7 Å². The Morgan fingerprint density at radius 3 is 2.55 bits per heavy atom. The summed E-state index contributed by atoms with van der Waals surface area (Å²) in [5, 5.41) is 0. The minimum atomic E-state index is -0.517. The molecule has 1 aromatic rings. The number of nitrogens with two attached hydrogens (primary N) is 1. The van der Waals surface area contributed by atoms with Crippen LogP contribution < -0.4 is 5.73 Å². The Balaban J connectivity index is 2.90. The summed E-state index contributed by atoms with van der Waals surface area (Å²) in [5.41, 5.74) is 5.99. The SMILES string of the molecule is CC(C)c1coc(C(N)=O)c1. The number of amides is 1. The predicted molar refractivity (Wildman–Crippen MR) is 41.3 cm³/mol. The highest BCUT2D eigenvalue weighted by atomic mass is 16.3. The molecule has 0 aromatic carbocycles.